The zero-order valence-corrected chi connectivity index (χ0v) is 15.3. The van der Waals surface area contributed by atoms with Crippen molar-refractivity contribution in [3.63, 3.8) is 0 Å². The molecule has 0 aromatic heterocycles. The Morgan fingerprint density at radius 3 is 2.12 bits per heavy atom. The molecule has 0 aliphatic rings. The maximum absolute atomic E-state index is 12.6. The molecule has 5 nitrogen and oxygen atoms in total. The van der Waals surface area contributed by atoms with E-state index in [1.165, 1.54) is 0 Å². The first-order chi connectivity index (χ1) is 11.9. The summed E-state index contributed by atoms with van der Waals surface area (Å²) >= 11 is 0. The van der Waals surface area contributed by atoms with Gasteiger partial charge in [0.15, 0.2) is 0 Å². The quantitative estimate of drug-likeness (QED) is 0.873. The first kappa shape index (κ1) is 18.5. The van der Waals surface area contributed by atoms with Gasteiger partial charge in [0.2, 0.25) is 0 Å². The lowest BCUT2D eigenvalue weighted by Crippen LogP contribution is -2.23. The van der Waals surface area contributed by atoms with Crippen LogP contribution in [0.1, 0.15) is 44.3 Å². The topological polar surface area (TPSA) is 67.4 Å². The minimum atomic E-state index is -0.218. The fraction of sp³-hybridized carbons (Fsp3) is 0.300. The smallest absolute Gasteiger partial charge is 0.255 e. The third-order valence-corrected chi connectivity index (χ3v) is 4.01. The van der Waals surface area contributed by atoms with Gasteiger partial charge in [-0.1, -0.05) is 6.07 Å². The van der Waals surface area contributed by atoms with Gasteiger partial charge in [0.1, 0.15) is 5.75 Å². The highest BCUT2D eigenvalue weighted by Crippen LogP contribution is 2.25. The zero-order chi connectivity index (χ0) is 18.6. The molecule has 2 aromatic carbocycles. The molecule has 0 fully saturated rings. The predicted molar refractivity (Wildman–Crippen MR) is 99.6 cm³/mol. The van der Waals surface area contributed by atoms with Crippen molar-refractivity contribution in [3.8, 4) is 5.75 Å². The van der Waals surface area contributed by atoms with E-state index in [9.17, 15) is 9.59 Å². The van der Waals surface area contributed by atoms with E-state index in [2.05, 4.69) is 10.6 Å². The van der Waals surface area contributed by atoms with Gasteiger partial charge in [-0.2, -0.15) is 0 Å². The summed E-state index contributed by atoms with van der Waals surface area (Å²) in [5.41, 5.74) is 4.40. The van der Waals surface area contributed by atoms with Crippen molar-refractivity contribution in [3.05, 3.63) is 58.1 Å². The average Bonchev–Trinajstić information content (AvgIpc) is 2.56. The molecule has 0 unspecified atom stereocenters. The second-order valence-corrected chi connectivity index (χ2v) is 5.99. The molecule has 132 valence electrons. The molecule has 2 rings (SSSR count). The molecule has 0 saturated carbocycles. The van der Waals surface area contributed by atoms with Crippen molar-refractivity contribution in [1.82, 2.24) is 5.32 Å². The maximum Gasteiger partial charge on any atom is 0.255 e. The van der Waals surface area contributed by atoms with Gasteiger partial charge in [-0.25, -0.2) is 0 Å². The fourth-order valence-corrected chi connectivity index (χ4v) is 2.76. The van der Waals surface area contributed by atoms with Crippen molar-refractivity contribution < 1.29 is 14.3 Å². The second-order valence-electron chi connectivity index (χ2n) is 5.99. The number of rotatable bonds is 5. The third-order valence-electron chi connectivity index (χ3n) is 4.01. The standard InChI is InChI=1S/C20H24N2O3/c1-6-21-19(23)15-8-7-12(2)17(11-15)22-20(24)16-9-13(3)18(25-5)14(4)10-16/h7-11H,6H2,1-5H3,(H,21,23)(H,22,24). The van der Waals surface area contributed by atoms with Crippen LogP contribution in [-0.4, -0.2) is 25.5 Å². The van der Waals surface area contributed by atoms with Crippen LogP contribution in [0.5, 0.6) is 5.75 Å². The summed E-state index contributed by atoms with van der Waals surface area (Å²) in [5, 5.41) is 5.65. The molecule has 0 radical (unpaired) electrons. The van der Waals surface area contributed by atoms with Crippen molar-refractivity contribution in [2.75, 3.05) is 19.0 Å². The lowest BCUT2D eigenvalue weighted by atomic mass is 10.0. The molecule has 2 N–H and O–H groups in total. The largest absolute Gasteiger partial charge is 0.496 e. The van der Waals surface area contributed by atoms with Crippen molar-refractivity contribution in [1.29, 1.82) is 0 Å². The van der Waals surface area contributed by atoms with Crippen LogP contribution in [0, 0.1) is 20.8 Å². The number of anilines is 1. The first-order valence-corrected chi connectivity index (χ1v) is 8.22. The van der Waals surface area contributed by atoms with Crippen LogP contribution >= 0.6 is 0 Å². The number of methoxy groups -OCH3 is 1. The number of aryl methyl sites for hydroxylation is 3. The van der Waals surface area contributed by atoms with Crippen molar-refractivity contribution in [2.45, 2.75) is 27.7 Å². The Morgan fingerprint density at radius 2 is 1.56 bits per heavy atom. The molecule has 2 aromatic rings. The molecule has 0 aliphatic heterocycles. The van der Waals surface area contributed by atoms with Crippen LogP contribution in [0.3, 0.4) is 0 Å². The molecule has 0 heterocycles. The summed E-state index contributed by atoms with van der Waals surface area (Å²) < 4.78 is 5.34. The molecule has 0 atom stereocenters. The molecular weight excluding hydrogens is 316 g/mol. The molecule has 0 bridgehead atoms. The molecule has 2 amide bonds. The van der Waals surface area contributed by atoms with Crippen molar-refractivity contribution >= 4 is 17.5 Å². The Labute approximate surface area is 148 Å². The van der Waals surface area contributed by atoms with Gasteiger partial charge in [-0.3, -0.25) is 9.59 Å². The molecule has 0 saturated heterocycles. The second kappa shape index (κ2) is 7.83. The minimum Gasteiger partial charge on any atom is -0.496 e. The number of benzene rings is 2. The minimum absolute atomic E-state index is 0.158. The summed E-state index contributed by atoms with van der Waals surface area (Å²) in [6.45, 7) is 8.12. The molecule has 0 spiro atoms. The summed E-state index contributed by atoms with van der Waals surface area (Å²) in [4.78, 5) is 24.6. The highest BCUT2D eigenvalue weighted by atomic mass is 16.5. The molecule has 0 aliphatic carbocycles. The monoisotopic (exact) mass is 340 g/mol. The highest BCUT2D eigenvalue weighted by Gasteiger charge is 2.14. The van der Waals surface area contributed by atoms with Gasteiger partial charge in [0, 0.05) is 23.4 Å². The summed E-state index contributed by atoms with van der Waals surface area (Å²) in [5.74, 6) is 0.408. The Morgan fingerprint density at radius 1 is 0.920 bits per heavy atom. The van der Waals surface area contributed by atoms with Gasteiger partial charge in [-0.05, 0) is 68.7 Å². The predicted octanol–water partition coefficient (Wildman–Crippen LogP) is 3.62. The summed E-state index contributed by atoms with van der Waals surface area (Å²) in [6, 6.07) is 8.86. The Balaban J connectivity index is 2.29. The van der Waals surface area contributed by atoms with E-state index >= 15 is 0 Å². The van der Waals surface area contributed by atoms with Crippen molar-refractivity contribution in [2.24, 2.45) is 0 Å². The van der Waals surface area contributed by atoms with E-state index in [0.717, 1.165) is 22.4 Å². The van der Waals surface area contributed by atoms with Gasteiger partial charge in [0.05, 0.1) is 7.11 Å². The lowest BCUT2D eigenvalue weighted by molar-refractivity contribution is 0.0954. The average molecular weight is 340 g/mol. The summed E-state index contributed by atoms with van der Waals surface area (Å²) in [7, 11) is 1.62. The van der Waals surface area contributed by atoms with Crippen LogP contribution in [0.4, 0.5) is 5.69 Å². The lowest BCUT2D eigenvalue weighted by Gasteiger charge is -2.13. The number of carbonyl (C=O) groups is 2. The van der Waals surface area contributed by atoms with Crippen LogP contribution in [0.15, 0.2) is 30.3 Å². The van der Waals surface area contributed by atoms with E-state index in [1.54, 1.807) is 31.4 Å². The SMILES string of the molecule is CCNC(=O)c1ccc(C)c(NC(=O)c2cc(C)c(OC)c(C)c2)c1. The zero-order valence-electron chi connectivity index (χ0n) is 15.3. The number of ether oxygens (including phenoxy) is 1. The first-order valence-electron chi connectivity index (χ1n) is 8.22. The third kappa shape index (κ3) is 4.18. The van der Waals surface area contributed by atoms with E-state index in [-0.39, 0.29) is 11.8 Å². The molecular formula is C20H24N2O3. The number of carbonyl (C=O) groups excluding carboxylic acids is 2. The van der Waals surface area contributed by atoms with Gasteiger partial charge < -0.3 is 15.4 Å². The van der Waals surface area contributed by atoms with Crippen LogP contribution in [-0.2, 0) is 0 Å². The number of amides is 2. The Bertz CT molecular complexity index is 790. The maximum atomic E-state index is 12.6. The number of hydrogen-bond acceptors (Lipinski definition) is 3. The normalized spacial score (nSPS) is 10.3. The Kier molecular flexibility index (Phi) is 5.80. The van der Waals surface area contributed by atoms with E-state index in [4.69, 9.17) is 4.74 Å². The fourth-order valence-electron chi connectivity index (χ4n) is 2.76. The van der Waals surface area contributed by atoms with E-state index in [1.807, 2.05) is 33.8 Å². The van der Waals surface area contributed by atoms with E-state index in [0.29, 0.717) is 23.4 Å². The van der Waals surface area contributed by atoms with Gasteiger partial charge in [0.25, 0.3) is 11.8 Å². The number of nitrogens with one attached hydrogen (secondary N) is 2. The van der Waals surface area contributed by atoms with Gasteiger partial charge in [-0.15, -0.1) is 0 Å². The van der Waals surface area contributed by atoms with E-state index < -0.39 is 0 Å². The van der Waals surface area contributed by atoms with Crippen LogP contribution < -0.4 is 15.4 Å². The van der Waals surface area contributed by atoms with Crippen LogP contribution in [0.25, 0.3) is 0 Å². The van der Waals surface area contributed by atoms with Crippen LogP contribution in [0.2, 0.25) is 0 Å². The molecule has 5 heteroatoms. The highest BCUT2D eigenvalue weighted by molar-refractivity contribution is 6.06. The molecule has 25 heavy (non-hydrogen) atoms. The summed E-state index contributed by atoms with van der Waals surface area (Å²) in [6.07, 6.45) is 0. The Hall–Kier alpha value is -2.82. The van der Waals surface area contributed by atoms with Gasteiger partial charge >= 0.3 is 0 Å². The number of hydrogen-bond donors (Lipinski definition) is 2.